The molecule has 0 radical (unpaired) electrons. The van der Waals surface area contributed by atoms with Crippen LogP contribution in [0.2, 0.25) is 10.0 Å². The highest BCUT2D eigenvalue weighted by molar-refractivity contribution is 9.10. The molecule has 0 saturated carbocycles. The molecule has 0 aliphatic heterocycles. The Morgan fingerprint density at radius 2 is 1.91 bits per heavy atom. The van der Waals surface area contributed by atoms with Crippen molar-refractivity contribution in [2.24, 2.45) is 5.10 Å². The molecule has 0 bridgehead atoms. The van der Waals surface area contributed by atoms with Gasteiger partial charge in [-0.2, -0.15) is 5.10 Å². The molecule has 11 heteroatoms. The van der Waals surface area contributed by atoms with Crippen LogP contribution in [0, 0.1) is 10.1 Å². The first kappa shape index (κ1) is 25.5. The number of benzene rings is 3. The van der Waals surface area contributed by atoms with Gasteiger partial charge in [-0.15, -0.1) is 0 Å². The van der Waals surface area contributed by atoms with E-state index in [9.17, 15) is 14.9 Å². The summed E-state index contributed by atoms with van der Waals surface area (Å²) in [6.07, 6.45) is 1.42. The average molecular weight is 567 g/mol. The van der Waals surface area contributed by atoms with Crippen molar-refractivity contribution in [2.45, 2.75) is 13.5 Å². The van der Waals surface area contributed by atoms with Crippen molar-refractivity contribution < 1.29 is 19.2 Å². The molecule has 3 rings (SSSR count). The van der Waals surface area contributed by atoms with Crippen molar-refractivity contribution in [3.05, 3.63) is 95.9 Å². The number of nitrogens with one attached hydrogen (secondary N) is 1. The SMILES string of the molecule is CCOc1cc(/C=N\NC(=O)c2cccc([N+](=O)[O-])c2)c(Br)cc1OCc1ccc(Cl)cc1Cl. The Morgan fingerprint density at radius 3 is 2.62 bits per heavy atom. The average Bonchev–Trinajstić information content (AvgIpc) is 2.81. The van der Waals surface area contributed by atoms with Gasteiger partial charge in [0.1, 0.15) is 6.61 Å². The highest BCUT2D eigenvalue weighted by atomic mass is 79.9. The van der Waals surface area contributed by atoms with Gasteiger partial charge in [0.05, 0.1) is 17.7 Å². The topological polar surface area (TPSA) is 103 Å². The highest BCUT2D eigenvalue weighted by Crippen LogP contribution is 2.34. The molecule has 1 amide bonds. The number of nitro benzene ring substituents is 1. The minimum absolute atomic E-state index is 0.116. The van der Waals surface area contributed by atoms with Gasteiger partial charge >= 0.3 is 0 Å². The maximum Gasteiger partial charge on any atom is 0.271 e. The second-order valence-electron chi connectivity index (χ2n) is 6.78. The normalized spacial score (nSPS) is 10.8. The molecule has 0 aliphatic rings. The number of rotatable bonds is 9. The molecule has 176 valence electrons. The highest BCUT2D eigenvalue weighted by Gasteiger charge is 2.13. The summed E-state index contributed by atoms with van der Waals surface area (Å²) >= 11 is 15.6. The van der Waals surface area contributed by atoms with E-state index in [1.807, 2.05) is 6.92 Å². The zero-order chi connectivity index (χ0) is 24.7. The van der Waals surface area contributed by atoms with Crippen molar-refractivity contribution in [1.82, 2.24) is 5.43 Å². The number of hydrogen-bond acceptors (Lipinski definition) is 6. The number of nitro groups is 1. The molecule has 0 aromatic heterocycles. The number of halogens is 3. The lowest BCUT2D eigenvalue weighted by Gasteiger charge is -2.14. The largest absolute Gasteiger partial charge is 0.490 e. The molecule has 3 aromatic rings. The molecule has 0 heterocycles. The molecule has 34 heavy (non-hydrogen) atoms. The lowest BCUT2D eigenvalue weighted by molar-refractivity contribution is -0.384. The number of carbonyl (C=O) groups is 1. The van der Waals surface area contributed by atoms with Crippen LogP contribution in [0.5, 0.6) is 11.5 Å². The Bertz CT molecular complexity index is 1250. The molecule has 0 fully saturated rings. The van der Waals surface area contributed by atoms with E-state index in [-0.39, 0.29) is 17.9 Å². The molecule has 8 nitrogen and oxygen atoms in total. The summed E-state index contributed by atoms with van der Waals surface area (Å²) in [7, 11) is 0. The van der Waals surface area contributed by atoms with Crippen molar-refractivity contribution >= 4 is 56.9 Å². The van der Waals surface area contributed by atoms with Crippen LogP contribution in [0.15, 0.2) is 64.2 Å². The van der Waals surface area contributed by atoms with Gasteiger partial charge in [0.15, 0.2) is 11.5 Å². The summed E-state index contributed by atoms with van der Waals surface area (Å²) in [5.74, 6) is 0.376. The molecule has 0 spiro atoms. The van der Waals surface area contributed by atoms with Gasteiger partial charge in [0, 0.05) is 43.3 Å². The van der Waals surface area contributed by atoms with Crippen LogP contribution in [-0.2, 0) is 6.61 Å². The molecule has 0 atom stereocenters. The molecular formula is C23H18BrCl2N3O5. The van der Waals surface area contributed by atoms with Crippen LogP contribution < -0.4 is 14.9 Å². The number of hydrogen-bond donors (Lipinski definition) is 1. The predicted molar refractivity (Wildman–Crippen MR) is 134 cm³/mol. The second kappa shape index (κ2) is 11.8. The lowest BCUT2D eigenvalue weighted by Crippen LogP contribution is -2.17. The van der Waals surface area contributed by atoms with E-state index in [2.05, 4.69) is 26.5 Å². The third kappa shape index (κ3) is 6.69. The molecule has 1 N–H and O–H groups in total. The fourth-order valence-corrected chi connectivity index (χ4v) is 3.70. The van der Waals surface area contributed by atoms with Gasteiger partial charge in [-0.25, -0.2) is 5.43 Å². The van der Waals surface area contributed by atoms with Gasteiger partial charge in [-0.1, -0.05) is 35.3 Å². The molecule has 0 aliphatic carbocycles. The van der Waals surface area contributed by atoms with E-state index in [1.54, 1.807) is 30.3 Å². The zero-order valence-corrected chi connectivity index (χ0v) is 20.9. The number of carbonyl (C=O) groups excluding carboxylic acids is 1. The van der Waals surface area contributed by atoms with Crippen molar-refractivity contribution in [3.8, 4) is 11.5 Å². The van der Waals surface area contributed by atoms with Gasteiger partial charge in [0.25, 0.3) is 11.6 Å². The minimum Gasteiger partial charge on any atom is -0.490 e. The maximum atomic E-state index is 12.3. The van der Waals surface area contributed by atoms with Crippen LogP contribution >= 0.6 is 39.1 Å². The summed E-state index contributed by atoms with van der Waals surface area (Å²) < 4.78 is 12.2. The molecule has 3 aromatic carbocycles. The van der Waals surface area contributed by atoms with Gasteiger partial charge in [-0.3, -0.25) is 14.9 Å². The van der Waals surface area contributed by atoms with E-state index in [0.717, 1.165) is 5.56 Å². The van der Waals surface area contributed by atoms with Crippen LogP contribution in [0.4, 0.5) is 5.69 Å². The smallest absolute Gasteiger partial charge is 0.271 e. The Morgan fingerprint density at radius 1 is 1.15 bits per heavy atom. The summed E-state index contributed by atoms with van der Waals surface area (Å²) in [6.45, 7) is 2.45. The van der Waals surface area contributed by atoms with Crippen LogP contribution in [0.25, 0.3) is 0 Å². The van der Waals surface area contributed by atoms with E-state index in [4.69, 9.17) is 32.7 Å². The van der Waals surface area contributed by atoms with Crippen LogP contribution in [-0.4, -0.2) is 23.7 Å². The lowest BCUT2D eigenvalue weighted by atomic mass is 10.2. The van der Waals surface area contributed by atoms with Gasteiger partial charge in [-0.05, 0) is 53.2 Å². The number of amides is 1. The summed E-state index contributed by atoms with van der Waals surface area (Å²) in [4.78, 5) is 22.6. The van der Waals surface area contributed by atoms with E-state index in [0.29, 0.717) is 38.2 Å². The van der Waals surface area contributed by atoms with E-state index in [1.165, 1.54) is 30.5 Å². The maximum absolute atomic E-state index is 12.3. The van der Waals surface area contributed by atoms with Crippen molar-refractivity contribution in [3.63, 3.8) is 0 Å². The molecular weight excluding hydrogens is 549 g/mol. The third-order valence-corrected chi connectivity index (χ3v) is 5.72. The van der Waals surface area contributed by atoms with Gasteiger partial charge in [0.2, 0.25) is 0 Å². The predicted octanol–water partition coefficient (Wildman–Crippen LogP) is 6.41. The zero-order valence-electron chi connectivity index (χ0n) is 17.8. The number of hydrazone groups is 1. The second-order valence-corrected chi connectivity index (χ2v) is 8.48. The first-order valence-electron chi connectivity index (χ1n) is 9.89. The number of ether oxygens (including phenoxy) is 2. The minimum atomic E-state index is -0.582. The molecule has 0 saturated heterocycles. The Labute approximate surface area is 213 Å². The first-order valence-corrected chi connectivity index (χ1v) is 11.4. The monoisotopic (exact) mass is 565 g/mol. The standard InChI is InChI=1S/C23H18BrCl2N3O5/c1-2-33-21-9-16(12-27-28-23(30)14-4-3-5-18(8-14)29(31)32)19(24)11-22(21)34-13-15-6-7-17(25)10-20(15)26/h3-12H,2,13H2,1H3,(H,28,30)/b27-12-. The van der Waals surface area contributed by atoms with Crippen molar-refractivity contribution in [2.75, 3.05) is 6.61 Å². The third-order valence-electron chi connectivity index (χ3n) is 4.45. The number of non-ortho nitro benzene ring substituents is 1. The fraction of sp³-hybridized carbons (Fsp3) is 0.130. The number of nitrogens with zero attached hydrogens (tertiary/aromatic N) is 2. The van der Waals surface area contributed by atoms with Crippen molar-refractivity contribution in [1.29, 1.82) is 0 Å². The van der Waals surface area contributed by atoms with Gasteiger partial charge < -0.3 is 9.47 Å². The van der Waals surface area contributed by atoms with E-state index >= 15 is 0 Å². The summed E-state index contributed by atoms with van der Waals surface area (Å²) in [6, 6.07) is 13.9. The quantitative estimate of drug-likeness (QED) is 0.183. The summed E-state index contributed by atoms with van der Waals surface area (Å²) in [5, 5.41) is 15.9. The Kier molecular flexibility index (Phi) is 8.86. The van der Waals surface area contributed by atoms with Crippen LogP contribution in [0.1, 0.15) is 28.4 Å². The Hall–Kier alpha value is -3.14. The first-order chi connectivity index (χ1) is 16.3. The van der Waals surface area contributed by atoms with E-state index < -0.39 is 10.8 Å². The Balaban J connectivity index is 1.74. The fourth-order valence-electron chi connectivity index (χ4n) is 2.81. The summed E-state index contributed by atoms with van der Waals surface area (Å²) in [5.41, 5.74) is 3.66. The molecule has 0 unspecified atom stereocenters. The van der Waals surface area contributed by atoms with Crippen LogP contribution in [0.3, 0.4) is 0 Å².